The van der Waals surface area contributed by atoms with Gasteiger partial charge in [0.15, 0.2) is 0 Å². The molecular formula is C14H27N3O. The van der Waals surface area contributed by atoms with Gasteiger partial charge in [0.2, 0.25) is 0 Å². The monoisotopic (exact) mass is 253 g/mol. The van der Waals surface area contributed by atoms with Crippen LogP contribution in [0.25, 0.3) is 0 Å². The Balaban J connectivity index is 1.92. The second kappa shape index (κ2) is 6.41. The molecule has 0 bridgehead atoms. The molecule has 2 fully saturated rings. The Morgan fingerprint density at radius 3 is 2.61 bits per heavy atom. The van der Waals surface area contributed by atoms with Crippen molar-refractivity contribution in [3.63, 3.8) is 0 Å². The number of urea groups is 1. The molecule has 0 aromatic rings. The summed E-state index contributed by atoms with van der Waals surface area (Å²) in [6.45, 7) is 5.19. The minimum atomic E-state index is 0.170. The number of likely N-dealkylation sites (N-methyl/N-ethyl adjacent to an activating group) is 1. The van der Waals surface area contributed by atoms with Crippen molar-refractivity contribution in [1.29, 1.82) is 0 Å². The molecule has 1 atom stereocenters. The molecule has 1 aliphatic carbocycles. The van der Waals surface area contributed by atoms with Gasteiger partial charge in [-0.15, -0.1) is 0 Å². The van der Waals surface area contributed by atoms with Gasteiger partial charge in [-0.1, -0.05) is 19.8 Å². The second-order valence-electron chi connectivity index (χ2n) is 5.80. The quantitative estimate of drug-likeness (QED) is 0.817. The summed E-state index contributed by atoms with van der Waals surface area (Å²) in [5.41, 5.74) is 0. The summed E-state index contributed by atoms with van der Waals surface area (Å²) in [5, 5.41) is 3.22. The summed E-state index contributed by atoms with van der Waals surface area (Å²) in [4.78, 5) is 16.8. The molecule has 1 heterocycles. The number of nitrogens with one attached hydrogen (secondary N) is 1. The molecule has 2 amide bonds. The summed E-state index contributed by atoms with van der Waals surface area (Å²) >= 11 is 0. The molecular weight excluding hydrogens is 226 g/mol. The zero-order valence-electron chi connectivity index (χ0n) is 11.8. The largest absolute Gasteiger partial charge is 0.335 e. The molecule has 2 aliphatic rings. The van der Waals surface area contributed by atoms with Crippen molar-refractivity contribution in [2.24, 2.45) is 0 Å². The minimum Gasteiger partial charge on any atom is -0.335 e. The van der Waals surface area contributed by atoms with Gasteiger partial charge in [0.25, 0.3) is 0 Å². The third kappa shape index (κ3) is 3.37. The first-order valence-corrected chi connectivity index (χ1v) is 7.46. The fourth-order valence-electron chi connectivity index (χ4n) is 3.19. The molecule has 4 heteroatoms. The van der Waals surface area contributed by atoms with Crippen LogP contribution in [0.2, 0.25) is 0 Å². The van der Waals surface area contributed by atoms with Crippen LogP contribution in [0, 0.1) is 0 Å². The maximum Gasteiger partial charge on any atom is 0.317 e. The predicted molar refractivity (Wildman–Crippen MR) is 73.7 cm³/mol. The standard InChI is InChI=1S/C14H27N3O/c1-3-13-11-16(2)9-6-10-17(13)14(18)15-12-7-4-5-8-12/h12-13H,3-11H2,1-2H3,(H,15,18). The Morgan fingerprint density at radius 1 is 1.22 bits per heavy atom. The minimum absolute atomic E-state index is 0.170. The van der Waals surface area contributed by atoms with Gasteiger partial charge in [0, 0.05) is 25.2 Å². The first kappa shape index (κ1) is 13.7. The lowest BCUT2D eigenvalue weighted by Crippen LogP contribution is -2.50. The van der Waals surface area contributed by atoms with E-state index in [1.165, 1.54) is 12.8 Å². The predicted octanol–water partition coefficient (Wildman–Crippen LogP) is 2.05. The van der Waals surface area contributed by atoms with Gasteiger partial charge in [0.05, 0.1) is 0 Å². The summed E-state index contributed by atoms with van der Waals surface area (Å²) in [6.07, 6.45) is 7.00. The van der Waals surface area contributed by atoms with E-state index >= 15 is 0 Å². The van der Waals surface area contributed by atoms with Crippen molar-refractivity contribution in [1.82, 2.24) is 15.1 Å². The van der Waals surface area contributed by atoms with Crippen LogP contribution in [0.5, 0.6) is 0 Å². The van der Waals surface area contributed by atoms with Crippen LogP contribution in [0.4, 0.5) is 4.79 Å². The molecule has 4 nitrogen and oxygen atoms in total. The highest BCUT2D eigenvalue weighted by atomic mass is 16.2. The molecule has 1 saturated heterocycles. The molecule has 0 aromatic carbocycles. The molecule has 0 aromatic heterocycles. The zero-order valence-corrected chi connectivity index (χ0v) is 11.8. The number of hydrogen-bond acceptors (Lipinski definition) is 2. The SMILES string of the molecule is CCC1CN(C)CCCN1C(=O)NC1CCCC1. The molecule has 0 radical (unpaired) electrons. The van der Waals surface area contributed by atoms with Crippen molar-refractivity contribution in [2.75, 3.05) is 26.7 Å². The maximum absolute atomic E-state index is 12.4. The molecule has 18 heavy (non-hydrogen) atoms. The fraction of sp³-hybridized carbons (Fsp3) is 0.929. The number of rotatable bonds is 2. The Hall–Kier alpha value is -0.770. The first-order valence-electron chi connectivity index (χ1n) is 7.46. The summed E-state index contributed by atoms with van der Waals surface area (Å²) in [7, 11) is 2.15. The van der Waals surface area contributed by atoms with Gasteiger partial charge in [-0.2, -0.15) is 0 Å². The average Bonchev–Trinajstić information content (AvgIpc) is 2.77. The van der Waals surface area contributed by atoms with E-state index in [2.05, 4.69) is 29.1 Å². The van der Waals surface area contributed by atoms with E-state index < -0.39 is 0 Å². The molecule has 1 saturated carbocycles. The first-order chi connectivity index (χ1) is 8.70. The Bertz CT molecular complexity index is 276. The second-order valence-corrected chi connectivity index (χ2v) is 5.80. The van der Waals surface area contributed by atoms with Crippen molar-refractivity contribution < 1.29 is 4.79 Å². The molecule has 1 aliphatic heterocycles. The van der Waals surface area contributed by atoms with E-state index in [0.29, 0.717) is 12.1 Å². The summed E-state index contributed by atoms with van der Waals surface area (Å²) < 4.78 is 0. The highest BCUT2D eigenvalue weighted by Crippen LogP contribution is 2.19. The number of carbonyl (C=O) groups excluding carboxylic acids is 1. The highest BCUT2D eigenvalue weighted by molar-refractivity contribution is 5.75. The molecule has 1 N–H and O–H groups in total. The van der Waals surface area contributed by atoms with Crippen LogP contribution in [0.3, 0.4) is 0 Å². The Morgan fingerprint density at radius 2 is 1.94 bits per heavy atom. The molecule has 0 spiro atoms. The number of carbonyl (C=O) groups is 1. The smallest absolute Gasteiger partial charge is 0.317 e. The maximum atomic E-state index is 12.4. The van der Waals surface area contributed by atoms with Crippen LogP contribution >= 0.6 is 0 Å². The van der Waals surface area contributed by atoms with Crippen LogP contribution in [0.1, 0.15) is 45.4 Å². The van der Waals surface area contributed by atoms with Crippen molar-refractivity contribution in [3.8, 4) is 0 Å². The summed E-state index contributed by atoms with van der Waals surface area (Å²) in [5.74, 6) is 0. The number of hydrogen-bond donors (Lipinski definition) is 1. The highest BCUT2D eigenvalue weighted by Gasteiger charge is 2.27. The number of amides is 2. The van der Waals surface area contributed by atoms with Gasteiger partial charge in [-0.05, 0) is 39.3 Å². The average molecular weight is 253 g/mol. The van der Waals surface area contributed by atoms with Gasteiger partial charge in [0.1, 0.15) is 0 Å². The lowest BCUT2D eigenvalue weighted by Gasteiger charge is -2.31. The topological polar surface area (TPSA) is 35.6 Å². The van der Waals surface area contributed by atoms with E-state index in [-0.39, 0.29) is 6.03 Å². The lowest BCUT2D eigenvalue weighted by molar-refractivity contribution is 0.166. The molecule has 1 unspecified atom stereocenters. The van der Waals surface area contributed by atoms with Crippen molar-refractivity contribution >= 4 is 6.03 Å². The van der Waals surface area contributed by atoms with Crippen LogP contribution in [-0.4, -0.2) is 54.6 Å². The third-order valence-electron chi connectivity index (χ3n) is 4.32. The van der Waals surface area contributed by atoms with Crippen molar-refractivity contribution in [3.05, 3.63) is 0 Å². The van der Waals surface area contributed by atoms with Crippen molar-refractivity contribution in [2.45, 2.75) is 57.5 Å². The Labute approximate surface area is 111 Å². The van der Waals surface area contributed by atoms with E-state index in [4.69, 9.17) is 0 Å². The van der Waals surface area contributed by atoms with Crippen LogP contribution in [0.15, 0.2) is 0 Å². The normalized spacial score (nSPS) is 27.2. The summed E-state index contributed by atoms with van der Waals surface area (Å²) in [6, 6.07) is 0.971. The molecule has 2 rings (SSSR count). The zero-order chi connectivity index (χ0) is 13.0. The van der Waals surface area contributed by atoms with Gasteiger partial charge >= 0.3 is 6.03 Å². The van der Waals surface area contributed by atoms with E-state index in [9.17, 15) is 4.79 Å². The van der Waals surface area contributed by atoms with Crippen LogP contribution < -0.4 is 5.32 Å². The van der Waals surface area contributed by atoms with Gasteiger partial charge < -0.3 is 15.1 Å². The van der Waals surface area contributed by atoms with E-state index in [1.807, 2.05) is 0 Å². The lowest BCUT2D eigenvalue weighted by atomic mass is 10.2. The van der Waals surface area contributed by atoms with E-state index in [0.717, 1.165) is 45.3 Å². The van der Waals surface area contributed by atoms with Crippen LogP contribution in [-0.2, 0) is 0 Å². The fourth-order valence-corrected chi connectivity index (χ4v) is 3.19. The van der Waals surface area contributed by atoms with Gasteiger partial charge in [-0.25, -0.2) is 4.79 Å². The third-order valence-corrected chi connectivity index (χ3v) is 4.32. The Kier molecular flexibility index (Phi) is 4.87. The molecule has 104 valence electrons. The van der Waals surface area contributed by atoms with Gasteiger partial charge in [-0.3, -0.25) is 0 Å². The number of nitrogens with zero attached hydrogens (tertiary/aromatic N) is 2. The van der Waals surface area contributed by atoms with E-state index in [1.54, 1.807) is 0 Å².